The third-order valence-electron chi connectivity index (χ3n) is 3.20. The normalized spacial score (nSPS) is 24.1. The largest absolute Gasteiger partial charge is 0.316 e. The molecule has 1 aromatic rings. The zero-order valence-electron chi connectivity index (χ0n) is 9.20. The molecule has 2 rings (SSSR count). The van der Waals surface area contributed by atoms with Crippen LogP contribution in [0.4, 0.5) is 4.39 Å². The first-order valence-electron chi connectivity index (χ1n) is 5.17. The molecule has 0 saturated heterocycles. The number of fused-ring (bicyclic) bond motifs is 1. The quantitative estimate of drug-likeness (QED) is 0.847. The van der Waals surface area contributed by atoms with Crippen LogP contribution < -0.4 is 5.32 Å². The van der Waals surface area contributed by atoms with Crippen molar-refractivity contribution in [1.82, 2.24) is 5.32 Å². The van der Waals surface area contributed by atoms with Gasteiger partial charge in [0.05, 0.1) is 10.1 Å². The van der Waals surface area contributed by atoms with Crippen LogP contribution in [0.3, 0.4) is 0 Å². The molecule has 1 N–H and O–H groups in total. The summed E-state index contributed by atoms with van der Waals surface area (Å²) in [5.74, 6) is -0.424. The zero-order chi connectivity index (χ0) is 11.9. The highest BCUT2D eigenvalue weighted by molar-refractivity contribution is 7.92. The first-order valence-corrected chi connectivity index (χ1v) is 6.71. The van der Waals surface area contributed by atoms with Crippen molar-refractivity contribution in [2.75, 3.05) is 7.05 Å². The Morgan fingerprint density at radius 3 is 2.75 bits per heavy atom. The highest BCUT2D eigenvalue weighted by atomic mass is 32.2. The summed E-state index contributed by atoms with van der Waals surface area (Å²) in [5, 5.41) is 2.35. The van der Waals surface area contributed by atoms with Gasteiger partial charge < -0.3 is 5.32 Å². The lowest BCUT2D eigenvalue weighted by atomic mass is 10.1. The fourth-order valence-corrected chi connectivity index (χ4v) is 4.29. The third-order valence-corrected chi connectivity index (χ3v) is 5.57. The van der Waals surface area contributed by atoms with Gasteiger partial charge in [0.2, 0.25) is 0 Å². The van der Waals surface area contributed by atoms with Crippen molar-refractivity contribution in [2.24, 2.45) is 0 Å². The molecule has 0 spiro atoms. The average Bonchev–Trinajstić information content (AvgIpc) is 2.52. The Labute approximate surface area is 94.6 Å². The molecular weight excluding hydrogens is 229 g/mol. The van der Waals surface area contributed by atoms with Crippen LogP contribution in [0.1, 0.15) is 12.5 Å². The van der Waals surface area contributed by atoms with Crippen LogP contribution >= 0.6 is 0 Å². The van der Waals surface area contributed by atoms with Crippen LogP contribution in [-0.2, 0) is 16.3 Å². The second kappa shape index (κ2) is 3.82. The van der Waals surface area contributed by atoms with Crippen LogP contribution in [0, 0.1) is 5.82 Å². The highest BCUT2D eigenvalue weighted by Gasteiger charge is 2.41. The van der Waals surface area contributed by atoms with Crippen molar-refractivity contribution < 1.29 is 12.8 Å². The number of nitrogens with one attached hydrogen (secondary N) is 1. The van der Waals surface area contributed by atoms with Crippen molar-refractivity contribution in [3.8, 4) is 0 Å². The third kappa shape index (κ3) is 1.55. The molecule has 0 fully saturated rings. The van der Waals surface area contributed by atoms with Gasteiger partial charge in [-0.3, -0.25) is 0 Å². The van der Waals surface area contributed by atoms with Gasteiger partial charge in [-0.2, -0.15) is 0 Å². The van der Waals surface area contributed by atoms with Crippen molar-refractivity contribution in [3.63, 3.8) is 0 Å². The molecular formula is C11H14FNO2S. The van der Waals surface area contributed by atoms with Gasteiger partial charge >= 0.3 is 0 Å². The summed E-state index contributed by atoms with van der Waals surface area (Å²) in [6, 6.07) is 4.05. The predicted molar refractivity (Wildman–Crippen MR) is 59.6 cm³/mol. The molecule has 16 heavy (non-hydrogen) atoms. The molecule has 0 aliphatic carbocycles. The van der Waals surface area contributed by atoms with Gasteiger partial charge in [0.1, 0.15) is 5.82 Å². The number of sulfone groups is 1. The Bertz CT molecular complexity index is 513. The Kier molecular flexibility index (Phi) is 2.75. The monoisotopic (exact) mass is 243 g/mol. The van der Waals surface area contributed by atoms with Gasteiger partial charge in [0.25, 0.3) is 0 Å². The lowest BCUT2D eigenvalue weighted by molar-refractivity contribution is 0.530. The minimum Gasteiger partial charge on any atom is -0.316 e. The van der Waals surface area contributed by atoms with Gasteiger partial charge in [-0.25, -0.2) is 12.8 Å². The summed E-state index contributed by atoms with van der Waals surface area (Å²) < 4.78 is 37.8. The van der Waals surface area contributed by atoms with Crippen molar-refractivity contribution in [1.29, 1.82) is 0 Å². The summed E-state index contributed by atoms with van der Waals surface area (Å²) in [6.07, 6.45) is 0.256. The maximum atomic E-state index is 13.5. The van der Waals surface area contributed by atoms with E-state index in [4.69, 9.17) is 0 Å². The van der Waals surface area contributed by atoms with E-state index < -0.39 is 20.9 Å². The minimum atomic E-state index is -3.38. The maximum absolute atomic E-state index is 13.5. The molecule has 1 aliphatic rings. The number of halogens is 1. The Morgan fingerprint density at radius 2 is 2.19 bits per heavy atom. The van der Waals surface area contributed by atoms with Gasteiger partial charge in [-0.15, -0.1) is 0 Å². The van der Waals surface area contributed by atoms with Crippen molar-refractivity contribution >= 4 is 9.84 Å². The predicted octanol–water partition coefficient (Wildman–Crippen LogP) is 1.13. The average molecular weight is 243 g/mol. The number of benzene rings is 1. The molecule has 1 aliphatic heterocycles. The van der Waals surface area contributed by atoms with Crippen molar-refractivity contribution in [2.45, 2.75) is 29.5 Å². The van der Waals surface area contributed by atoms with E-state index >= 15 is 0 Å². The number of hydrogen-bond donors (Lipinski definition) is 1. The molecule has 1 aromatic carbocycles. The summed E-state index contributed by atoms with van der Waals surface area (Å²) in [5.41, 5.74) is 0.328. The van der Waals surface area contributed by atoms with E-state index in [1.165, 1.54) is 18.2 Å². The lowest BCUT2D eigenvalue weighted by Crippen LogP contribution is -2.38. The van der Waals surface area contributed by atoms with Crippen LogP contribution in [-0.4, -0.2) is 26.8 Å². The molecule has 0 bridgehead atoms. The van der Waals surface area contributed by atoms with E-state index in [1.807, 2.05) is 0 Å². The summed E-state index contributed by atoms with van der Waals surface area (Å²) in [4.78, 5) is 0.152. The second-order valence-corrected chi connectivity index (χ2v) is 6.22. The molecule has 1 heterocycles. The molecule has 3 nitrogen and oxygen atoms in total. The zero-order valence-corrected chi connectivity index (χ0v) is 10.0. The fourth-order valence-electron chi connectivity index (χ4n) is 2.11. The molecule has 2 atom stereocenters. The van der Waals surface area contributed by atoms with E-state index in [2.05, 4.69) is 5.32 Å². The van der Waals surface area contributed by atoms with Gasteiger partial charge in [0.15, 0.2) is 9.84 Å². The van der Waals surface area contributed by atoms with Gasteiger partial charge in [-0.1, -0.05) is 6.07 Å². The van der Waals surface area contributed by atoms with Gasteiger partial charge in [-0.05, 0) is 32.5 Å². The lowest BCUT2D eigenvalue weighted by Gasteiger charge is -2.17. The van der Waals surface area contributed by atoms with Crippen LogP contribution in [0.5, 0.6) is 0 Å². The molecule has 88 valence electrons. The molecule has 5 heteroatoms. The standard InChI is InChI=1S/C11H14FNO2S/c1-7(13-2)11-6-8-9(12)4-3-5-10(8)16(11,14)15/h3-5,7,11,13H,6H2,1-2H3. The highest BCUT2D eigenvalue weighted by Crippen LogP contribution is 2.34. The molecule has 0 saturated carbocycles. The molecule has 2 unspecified atom stereocenters. The van der Waals surface area contributed by atoms with E-state index in [1.54, 1.807) is 14.0 Å². The molecule has 0 aromatic heterocycles. The minimum absolute atomic E-state index is 0.152. The second-order valence-electron chi connectivity index (χ2n) is 4.08. The van der Waals surface area contributed by atoms with Gasteiger partial charge in [0, 0.05) is 11.6 Å². The van der Waals surface area contributed by atoms with E-state index in [-0.39, 0.29) is 17.4 Å². The molecule has 0 radical (unpaired) electrons. The first-order chi connectivity index (χ1) is 7.48. The fraction of sp³-hybridized carbons (Fsp3) is 0.455. The number of hydrogen-bond acceptors (Lipinski definition) is 3. The maximum Gasteiger partial charge on any atom is 0.183 e. The van der Waals surface area contributed by atoms with Crippen LogP contribution in [0.25, 0.3) is 0 Å². The topological polar surface area (TPSA) is 46.2 Å². The van der Waals surface area contributed by atoms with E-state index in [0.717, 1.165) is 0 Å². The Hall–Kier alpha value is -0.940. The van der Waals surface area contributed by atoms with E-state index in [0.29, 0.717) is 5.56 Å². The van der Waals surface area contributed by atoms with Crippen LogP contribution in [0.2, 0.25) is 0 Å². The van der Waals surface area contributed by atoms with Crippen LogP contribution in [0.15, 0.2) is 23.1 Å². The SMILES string of the molecule is CNC(C)C1Cc2c(F)cccc2S1(=O)=O. The van der Waals surface area contributed by atoms with E-state index in [9.17, 15) is 12.8 Å². The molecule has 0 amide bonds. The smallest absolute Gasteiger partial charge is 0.183 e. The first kappa shape index (κ1) is 11.5. The number of rotatable bonds is 2. The summed E-state index contributed by atoms with van der Waals surface area (Å²) in [6.45, 7) is 1.80. The Balaban J connectivity index is 2.54. The Morgan fingerprint density at radius 1 is 1.50 bits per heavy atom. The summed E-state index contributed by atoms with van der Waals surface area (Å²) >= 11 is 0. The summed E-state index contributed by atoms with van der Waals surface area (Å²) in [7, 11) is -1.67. The van der Waals surface area contributed by atoms with Crippen molar-refractivity contribution in [3.05, 3.63) is 29.6 Å².